The first-order chi connectivity index (χ1) is 9.77. The summed E-state index contributed by atoms with van der Waals surface area (Å²) in [4.78, 5) is 22.6. The predicted molar refractivity (Wildman–Crippen MR) is 80.4 cm³/mol. The van der Waals surface area contributed by atoms with Crippen LogP contribution < -0.4 is 11.1 Å². The molecule has 3 unspecified atom stereocenters. The molecule has 0 heterocycles. The number of nitrogens with two attached hydrogens (primary N) is 1. The lowest BCUT2D eigenvalue weighted by Gasteiger charge is -2.39. The zero-order valence-electron chi connectivity index (χ0n) is 13.4. The Balaban J connectivity index is 1.73. The molecule has 2 bridgehead atoms. The molecule has 0 spiro atoms. The summed E-state index contributed by atoms with van der Waals surface area (Å²) in [6, 6.07) is 0.282. The van der Waals surface area contributed by atoms with Crippen LogP contribution in [-0.4, -0.2) is 31.1 Å². The lowest BCUT2D eigenvalue weighted by Crippen LogP contribution is -2.47. The Labute approximate surface area is 127 Å². The fraction of sp³-hybridized carbons (Fsp3) is 0.875. The molecule has 0 saturated heterocycles. The monoisotopic (exact) mass is 296 g/mol. The van der Waals surface area contributed by atoms with E-state index in [1.165, 1.54) is 12.8 Å². The highest BCUT2D eigenvalue weighted by molar-refractivity contribution is 5.76. The van der Waals surface area contributed by atoms with Crippen molar-refractivity contribution in [2.24, 2.45) is 22.5 Å². The lowest BCUT2D eigenvalue weighted by atomic mass is 9.69. The van der Waals surface area contributed by atoms with Gasteiger partial charge in [-0.2, -0.15) is 0 Å². The van der Waals surface area contributed by atoms with Gasteiger partial charge in [0.25, 0.3) is 0 Å². The number of rotatable bonds is 7. The van der Waals surface area contributed by atoms with E-state index in [9.17, 15) is 9.59 Å². The lowest BCUT2D eigenvalue weighted by molar-refractivity contribution is -0.124. The first-order valence-corrected chi connectivity index (χ1v) is 7.93. The molecule has 2 rings (SSSR count). The van der Waals surface area contributed by atoms with E-state index in [0.717, 1.165) is 12.3 Å². The minimum atomic E-state index is -0.378. The fourth-order valence-electron chi connectivity index (χ4n) is 4.13. The summed E-state index contributed by atoms with van der Waals surface area (Å²) in [5.41, 5.74) is 5.54. The SMILES string of the molecule is CC1(C)C2CCC1(C)C(NC(=O)CCOCCC(N)=O)C2. The second-order valence-corrected chi connectivity index (χ2v) is 7.31. The molecule has 120 valence electrons. The first kappa shape index (κ1) is 16.3. The molecule has 2 aliphatic rings. The topological polar surface area (TPSA) is 81.4 Å². The minimum absolute atomic E-state index is 0.0450. The quantitative estimate of drug-likeness (QED) is 0.700. The molecule has 2 amide bonds. The molecule has 0 aliphatic heterocycles. The summed E-state index contributed by atoms with van der Waals surface area (Å²) in [6.45, 7) is 7.62. The van der Waals surface area contributed by atoms with Gasteiger partial charge >= 0.3 is 0 Å². The molecule has 5 heteroatoms. The predicted octanol–water partition coefficient (Wildman–Crippen LogP) is 1.60. The molecule has 2 fully saturated rings. The summed E-state index contributed by atoms with van der Waals surface area (Å²) in [5.74, 6) is 0.389. The van der Waals surface area contributed by atoms with Crippen molar-refractivity contribution in [2.45, 2.75) is 58.9 Å². The van der Waals surface area contributed by atoms with Crippen LogP contribution in [0.15, 0.2) is 0 Å². The number of carbonyl (C=O) groups excluding carboxylic acids is 2. The van der Waals surface area contributed by atoms with Gasteiger partial charge in [0.2, 0.25) is 11.8 Å². The molecule has 0 aromatic carbocycles. The maximum Gasteiger partial charge on any atom is 0.222 e. The molecule has 2 aliphatic carbocycles. The van der Waals surface area contributed by atoms with Gasteiger partial charge in [0.15, 0.2) is 0 Å². The summed E-state index contributed by atoms with van der Waals surface area (Å²) in [5, 5.41) is 3.20. The van der Waals surface area contributed by atoms with E-state index >= 15 is 0 Å². The van der Waals surface area contributed by atoms with E-state index < -0.39 is 0 Å². The van der Waals surface area contributed by atoms with Gasteiger partial charge in [0.05, 0.1) is 13.2 Å². The smallest absolute Gasteiger partial charge is 0.222 e. The average Bonchev–Trinajstić information content (AvgIpc) is 2.71. The van der Waals surface area contributed by atoms with Crippen molar-refractivity contribution in [1.29, 1.82) is 0 Å². The van der Waals surface area contributed by atoms with Gasteiger partial charge in [0.1, 0.15) is 0 Å². The minimum Gasteiger partial charge on any atom is -0.380 e. The van der Waals surface area contributed by atoms with Crippen LogP contribution in [0.25, 0.3) is 0 Å². The third-order valence-electron chi connectivity index (χ3n) is 6.10. The molecule has 0 aromatic heterocycles. The van der Waals surface area contributed by atoms with Crippen LogP contribution in [0.4, 0.5) is 0 Å². The fourth-order valence-corrected chi connectivity index (χ4v) is 4.13. The highest BCUT2D eigenvalue weighted by Gasteiger charge is 2.61. The number of hydrogen-bond donors (Lipinski definition) is 2. The Bertz CT molecular complexity index is 422. The van der Waals surface area contributed by atoms with Crippen molar-refractivity contribution >= 4 is 11.8 Å². The summed E-state index contributed by atoms with van der Waals surface area (Å²) >= 11 is 0. The van der Waals surface area contributed by atoms with Gasteiger partial charge in [-0.15, -0.1) is 0 Å². The summed E-state index contributed by atoms with van der Waals surface area (Å²) < 4.78 is 5.25. The van der Waals surface area contributed by atoms with E-state index in [2.05, 4.69) is 26.1 Å². The van der Waals surface area contributed by atoms with Gasteiger partial charge < -0.3 is 15.8 Å². The number of amides is 2. The Morgan fingerprint density at radius 2 is 1.90 bits per heavy atom. The second kappa shape index (κ2) is 5.95. The van der Waals surface area contributed by atoms with Crippen LogP contribution in [0.2, 0.25) is 0 Å². The zero-order chi connectivity index (χ0) is 15.7. The molecular weight excluding hydrogens is 268 g/mol. The average molecular weight is 296 g/mol. The van der Waals surface area contributed by atoms with Crippen molar-refractivity contribution in [3.05, 3.63) is 0 Å². The van der Waals surface area contributed by atoms with Crippen molar-refractivity contribution in [3.63, 3.8) is 0 Å². The van der Waals surface area contributed by atoms with E-state index in [1.54, 1.807) is 0 Å². The molecule has 0 radical (unpaired) electrons. The molecule has 5 nitrogen and oxygen atoms in total. The number of hydrogen-bond acceptors (Lipinski definition) is 3. The van der Waals surface area contributed by atoms with E-state index in [-0.39, 0.29) is 29.7 Å². The normalized spacial score (nSPS) is 33.1. The first-order valence-electron chi connectivity index (χ1n) is 7.93. The molecule has 0 aromatic rings. The van der Waals surface area contributed by atoms with Crippen LogP contribution in [0, 0.1) is 16.7 Å². The van der Waals surface area contributed by atoms with Crippen molar-refractivity contribution in [3.8, 4) is 0 Å². The maximum absolute atomic E-state index is 12.0. The van der Waals surface area contributed by atoms with Crippen LogP contribution in [0.1, 0.15) is 52.9 Å². The highest BCUT2D eigenvalue weighted by atomic mass is 16.5. The van der Waals surface area contributed by atoms with E-state index in [4.69, 9.17) is 10.5 Å². The summed E-state index contributed by atoms with van der Waals surface area (Å²) in [7, 11) is 0. The largest absolute Gasteiger partial charge is 0.380 e. The molecule has 3 N–H and O–H groups in total. The molecular formula is C16H28N2O3. The van der Waals surface area contributed by atoms with Crippen LogP contribution >= 0.6 is 0 Å². The highest BCUT2D eigenvalue weighted by Crippen LogP contribution is 2.65. The Morgan fingerprint density at radius 3 is 2.43 bits per heavy atom. The Hall–Kier alpha value is -1.10. The van der Waals surface area contributed by atoms with Gasteiger partial charge in [-0.3, -0.25) is 9.59 Å². The maximum atomic E-state index is 12.0. The molecule has 21 heavy (non-hydrogen) atoms. The van der Waals surface area contributed by atoms with Crippen molar-refractivity contribution in [2.75, 3.05) is 13.2 Å². The molecule has 3 atom stereocenters. The standard InChI is InChI=1S/C16H28N2O3/c1-15(2)11-4-7-16(15,3)12(10-11)18-14(20)6-9-21-8-5-13(17)19/h11-12H,4-10H2,1-3H3,(H2,17,19)(H,18,20). The van der Waals surface area contributed by atoms with Gasteiger partial charge in [-0.1, -0.05) is 20.8 Å². The van der Waals surface area contributed by atoms with Crippen LogP contribution in [0.5, 0.6) is 0 Å². The number of ether oxygens (including phenoxy) is 1. The molecule has 2 saturated carbocycles. The van der Waals surface area contributed by atoms with E-state index in [0.29, 0.717) is 25.0 Å². The Morgan fingerprint density at radius 1 is 1.24 bits per heavy atom. The van der Waals surface area contributed by atoms with Crippen LogP contribution in [-0.2, 0) is 14.3 Å². The van der Waals surface area contributed by atoms with Gasteiger partial charge in [0, 0.05) is 18.9 Å². The number of carbonyl (C=O) groups is 2. The zero-order valence-corrected chi connectivity index (χ0v) is 13.4. The van der Waals surface area contributed by atoms with Crippen LogP contribution in [0.3, 0.4) is 0 Å². The number of fused-ring (bicyclic) bond motifs is 2. The summed E-state index contributed by atoms with van der Waals surface area (Å²) in [6.07, 6.45) is 4.13. The van der Waals surface area contributed by atoms with Gasteiger partial charge in [-0.25, -0.2) is 0 Å². The number of primary amides is 1. The van der Waals surface area contributed by atoms with E-state index in [1.807, 2.05) is 0 Å². The third-order valence-corrected chi connectivity index (χ3v) is 6.10. The van der Waals surface area contributed by atoms with Crippen molar-refractivity contribution < 1.29 is 14.3 Å². The van der Waals surface area contributed by atoms with Gasteiger partial charge in [-0.05, 0) is 36.0 Å². The Kier molecular flexibility index (Phi) is 4.61. The second-order valence-electron chi connectivity index (χ2n) is 7.31. The third kappa shape index (κ3) is 3.07. The van der Waals surface area contributed by atoms with Crippen molar-refractivity contribution in [1.82, 2.24) is 5.32 Å². The number of nitrogens with one attached hydrogen (secondary N) is 1.